The van der Waals surface area contributed by atoms with Crippen molar-refractivity contribution in [2.24, 2.45) is 0 Å². The van der Waals surface area contributed by atoms with Gasteiger partial charge in [-0.3, -0.25) is 0 Å². The topological polar surface area (TPSA) is 63.2 Å². The highest BCUT2D eigenvalue weighted by Gasteiger charge is 2.07. The summed E-state index contributed by atoms with van der Waals surface area (Å²) in [6, 6.07) is 12.6. The van der Waals surface area contributed by atoms with Crippen LogP contribution in [0, 0.1) is 0 Å². The Morgan fingerprint density at radius 1 is 1.13 bits per heavy atom. The summed E-state index contributed by atoms with van der Waals surface area (Å²) in [5.41, 5.74) is 2.38. The quantitative estimate of drug-likeness (QED) is 0.675. The zero-order valence-corrected chi connectivity index (χ0v) is 14.3. The Bertz CT molecular complexity index is 831. The molecule has 3 aromatic rings. The second kappa shape index (κ2) is 6.89. The van der Waals surface area contributed by atoms with E-state index in [0.717, 1.165) is 26.0 Å². The molecule has 0 atom stereocenters. The van der Waals surface area contributed by atoms with Crippen molar-refractivity contribution in [2.75, 3.05) is 24.0 Å². The zero-order chi connectivity index (χ0) is 16.2. The molecule has 2 N–H and O–H groups in total. The van der Waals surface area contributed by atoms with Gasteiger partial charge < -0.3 is 15.4 Å². The first kappa shape index (κ1) is 15.6. The van der Waals surface area contributed by atoms with Gasteiger partial charge in [-0.15, -0.1) is 11.3 Å². The number of aromatic nitrogens is 1. The Morgan fingerprint density at radius 2 is 1.83 bits per heavy atom. The first-order chi connectivity index (χ1) is 11.2. The molecule has 0 aliphatic heterocycles. The Kier molecular flexibility index (Phi) is 4.68. The lowest BCUT2D eigenvalue weighted by Gasteiger charge is -2.08. The molecule has 5 nitrogen and oxygen atoms in total. The van der Waals surface area contributed by atoms with Gasteiger partial charge in [0.15, 0.2) is 4.34 Å². The first-order valence-electron chi connectivity index (χ1n) is 6.84. The fourth-order valence-electron chi connectivity index (χ4n) is 2.04. The number of carbonyl (C=O) groups is 1. The van der Waals surface area contributed by atoms with Gasteiger partial charge in [0.05, 0.1) is 17.3 Å². The van der Waals surface area contributed by atoms with Gasteiger partial charge in [0.25, 0.3) is 0 Å². The van der Waals surface area contributed by atoms with Crippen molar-refractivity contribution in [3.63, 3.8) is 0 Å². The Morgan fingerprint density at radius 3 is 2.52 bits per heavy atom. The number of hydrogen-bond acceptors (Lipinski definition) is 5. The number of methoxy groups -OCH3 is 1. The number of hydrogen-bond donors (Lipinski definition) is 2. The fourth-order valence-corrected chi connectivity index (χ4v) is 3.56. The number of nitrogens with zero attached hydrogens (tertiary/aromatic N) is 1. The van der Waals surface area contributed by atoms with Crippen LogP contribution in [-0.4, -0.2) is 24.4 Å². The predicted molar refractivity (Wildman–Crippen MR) is 97.0 cm³/mol. The number of thiazole rings is 1. The van der Waals surface area contributed by atoms with E-state index in [4.69, 9.17) is 4.74 Å². The van der Waals surface area contributed by atoms with Crippen molar-refractivity contribution < 1.29 is 9.53 Å². The molecule has 0 saturated carbocycles. The van der Waals surface area contributed by atoms with Gasteiger partial charge in [-0.25, -0.2) is 9.78 Å². The maximum Gasteiger partial charge on any atom is 0.323 e. The van der Waals surface area contributed by atoms with Crippen LogP contribution in [0.4, 0.5) is 16.2 Å². The minimum atomic E-state index is -0.288. The lowest BCUT2D eigenvalue weighted by atomic mass is 10.3. The minimum absolute atomic E-state index is 0.288. The fraction of sp³-hybridized carbons (Fsp3) is 0.125. The number of thioether (sulfide) groups is 1. The molecule has 3 rings (SSSR count). The van der Waals surface area contributed by atoms with Gasteiger partial charge in [-0.1, -0.05) is 11.8 Å². The minimum Gasteiger partial charge on any atom is -0.497 e. The van der Waals surface area contributed by atoms with Gasteiger partial charge >= 0.3 is 6.03 Å². The summed E-state index contributed by atoms with van der Waals surface area (Å²) in [6.45, 7) is 0. The highest BCUT2D eigenvalue weighted by atomic mass is 32.2. The van der Waals surface area contributed by atoms with Gasteiger partial charge in [0.1, 0.15) is 5.75 Å². The SMILES string of the molecule is COc1ccc(NC(=O)Nc2ccc3nc(SC)sc3c2)cc1. The molecule has 0 radical (unpaired) electrons. The number of urea groups is 1. The molecule has 0 spiro atoms. The van der Waals surface area contributed by atoms with Crippen LogP contribution in [0.5, 0.6) is 5.75 Å². The molecule has 1 aromatic heterocycles. The van der Waals surface area contributed by atoms with Crippen molar-refractivity contribution in [1.29, 1.82) is 0 Å². The maximum absolute atomic E-state index is 12.1. The third kappa shape index (κ3) is 3.75. The van der Waals surface area contributed by atoms with Gasteiger partial charge in [-0.2, -0.15) is 0 Å². The van der Waals surface area contributed by atoms with Crippen molar-refractivity contribution in [2.45, 2.75) is 4.34 Å². The number of ether oxygens (including phenoxy) is 1. The first-order valence-corrected chi connectivity index (χ1v) is 8.88. The van der Waals surface area contributed by atoms with Crippen molar-refractivity contribution >= 4 is 50.7 Å². The molecular weight excluding hydrogens is 330 g/mol. The van der Waals surface area contributed by atoms with E-state index in [9.17, 15) is 4.79 Å². The molecule has 0 aliphatic carbocycles. The van der Waals surface area contributed by atoms with E-state index in [1.165, 1.54) is 0 Å². The van der Waals surface area contributed by atoms with E-state index in [0.29, 0.717) is 5.69 Å². The average Bonchev–Trinajstić information content (AvgIpc) is 2.98. The number of carbonyl (C=O) groups excluding carboxylic acids is 1. The van der Waals surface area contributed by atoms with Crippen molar-refractivity contribution in [1.82, 2.24) is 4.98 Å². The smallest absolute Gasteiger partial charge is 0.323 e. The summed E-state index contributed by atoms with van der Waals surface area (Å²) in [7, 11) is 1.60. The standard InChI is InChI=1S/C16H15N3O2S2/c1-21-12-6-3-10(4-7-12)17-15(20)18-11-5-8-13-14(9-11)23-16(19-13)22-2/h3-9H,1-2H3,(H2,17,18,20). The highest BCUT2D eigenvalue weighted by molar-refractivity contribution is 8.00. The summed E-state index contributed by atoms with van der Waals surface area (Å²) < 4.78 is 7.15. The van der Waals surface area contributed by atoms with Crippen LogP contribution in [0.15, 0.2) is 46.8 Å². The maximum atomic E-state index is 12.1. The van der Waals surface area contributed by atoms with Crippen LogP contribution in [-0.2, 0) is 0 Å². The van der Waals surface area contributed by atoms with E-state index in [2.05, 4.69) is 15.6 Å². The summed E-state index contributed by atoms with van der Waals surface area (Å²) in [5.74, 6) is 0.746. The van der Waals surface area contributed by atoms with Gasteiger partial charge in [0.2, 0.25) is 0 Å². The predicted octanol–water partition coefficient (Wildman–Crippen LogP) is 4.67. The van der Waals surface area contributed by atoms with E-state index >= 15 is 0 Å². The largest absolute Gasteiger partial charge is 0.497 e. The van der Waals surface area contributed by atoms with E-state index < -0.39 is 0 Å². The zero-order valence-electron chi connectivity index (χ0n) is 12.6. The lowest BCUT2D eigenvalue weighted by Crippen LogP contribution is -2.19. The van der Waals surface area contributed by atoms with E-state index in [1.54, 1.807) is 54.5 Å². The molecule has 1 heterocycles. The molecular formula is C16H15N3O2S2. The molecule has 2 amide bonds. The van der Waals surface area contributed by atoms with Crippen LogP contribution in [0.2, 0.25) is 0 Å². The molecule has 7 heteroatoms. The number of benzene rings is 2. The number of amides is 2. The molecule has 0 aliphatic rings. The molecule has 118 valence electrons. The second-order valence-electron chi connectivity index (χ2n) is 4.67. The third-order valence-electron chi connectivity index (χ3n) is 3.15. The normalized spacial score (nSPS) is 10.5. The van der Waals surface area contributed by atoms with Crippen molar-refractivity contribution in [3.8, 4) is 5.75 Å². The Hall–Kier alpha value is -2.25. The number of nitrogens with one attached hydrogen (secondary N) is 2. The summed E-state index contributed by atoms with van der Waals surface area (Å²) in [6.07, 6.45) is 2.00. The average molecular weight is 345 g/mol. The van der Waals surface area contributed by atoms with E-state index in [1.807, 2.05) is 24.5 Å². The van der Waals surface area contributed by atoms with E-state index in [-0.39, 0.29) is 6.03 Å². The van der Waals surface area contributed by atoms with Crippen LogP contribution in [0.3, 0.4) is 0 Å². The molecule has 0 bridgehead atoms. The Labute approximate surface area is 142 Å². The molecule has 2 aromatic carbocycles. The van der Waals surface area contributed by atoms with Crippen LogP contribution in [0.1, 0.15) is 0 Å². The summed E-state index contributed by atoms with van der Waals surface area (Å²) in [4.78, 5) is 16.5. The molecule has 0 fully saturated rings. The summed E-state index contributed by atoms with van der Waals surface area (Å²) in [5, 5.41) is 5.61. The third-order valence-corrected chi connectivity index (χ3v) is 5.15. The highest BCUT2D eigenvalue weighted by Crippen LogP contribution is 2.30. The van der Waals surface area contributed by atoms with Crippen molar-refractivity contribution in [3.05, 3.63) is 42.5 Å². The van der Waals surface area contributed by atoms with Gasteiger partial charge in [0, 0.05) is 11.4 Å². The molecule has 0 unspecified atom stereocenters. The van der Waals surface area contributed by atoms with Gasteiger partial charge in [-0.05, 0) is 48.7 Å². The molecule has 0 saturated heterocycles. The number of rotatable bonds is 4. The van der Waals surface area contributed by atoms with Crippen LogP contribution < -0.4 is 15.4 Å². The number of anilines is 2. The lowest BCUT2D eigenvalue weighted by molar-refractivity contribution is 0.262. The second-order valence-corrected chi connectivity index (χ2v) is 6.76. The van der Waals surface area contributed by atoms with Crippen LogP contribution in [0.25, 0.3) is 10.2 Å². The molecule has 23 heavy (non-hydrogen) atoms. The Balaban J connectivity index is 1.69. The summed E-state index contributed by atoms with van der Waals surface area (Å²) >= 11 is 3.23. The monoisotopic (exact) mass is 345 g/mol. The number of fused-ring (bicyclic) bond motifs is 1. The van der Waals surface area contributed by atoms with Crippen LogP contribution >= 0.6 is 23.1 Å².